The lowest BCUT2D eigenvalue weighted by atomic mass is 10.1. The zero-order chi connectivity index (χ0) is 22.4. The zero-order valence-electron chi connectivity index (χ0n) is 18.0. The summed E-state index contributed by atoms with van der Waals surface area (Å²) >= 11 is 1.05. The molecule has 0 radical (unpaired) electrons. The molecule has 0 aliphatic carbocycles. The minimum absolute atomic E-state index is 0.166. The molecular weight excluding hydrogens is 408 g/mol. The topological polar surface area (TPSA) is 94.2 Å². The summed E-state index contributed by atoms with van der Waals surface area (Å²) < 4.78 is 15.3. The van der Waals surface area contributed by atoms with Crippen molar-refractivity contribution in [1.82, 2.24) is 4.90 Å². The van der Waals surface area contributed by atoms with Gasteiger partial charge in [-0.2, -0.15) is 0 Å². The van der Waals surface area contributed by atoms with E-state index in [1.54, 1.807) is 30.0 Å². The average molecular weight is 435 g/mol. The van der Waals surface area contributed by atoms with Crippen molar-refractivity contribution in [3.63, 3.8) is 0 Å². The van der Waals surface area contributed by atoms with Crippen LogP contribution in [0, 0.1) is 6.92 Å². The van der Waals surface area contributed by atoms with Gasteiger partial charge in [-0.15, -0.1) is 11.3 Å². The first-order chi connectivity index (χ1) is 14.3. The maximum Gasteiger partial charge on any atom is 0.341 e. The molecule has 0 fully saturated rings. The van der Waals surface area contributed by atoms with Crippen LogP contribution in [0.4, 0.5) is 5.00 Å². The zero-order valence-corrected chi connectivity index (χ0v) is 18.8. The van der Waals surface area contributed by atoms with Crippen LogP contribution in [0.25, 0.3) is 0 Å². The molecule has 1 aromatic carbocycles. The Morgan fingerprint density at radius 1 is 1.07 bits per heavy atom. The summed E-state index contributed by atoms with van der Waals surface area (Å²) in [5, 5.41) is 2.98. The van der Waals surface area contributed by atoms with Crippen molar-refractivity contribution in [2.24, 2.45) is 0 Å². The summed E-state index contributed by atoms with van der Waals surface area (Å²) in [7, 11) is 4.21. The standard InChI is InChI=1S/C21H26N2O6S/c1-7-23(8-2)20(25)17-12(3)16(21(26)29-6)19(30-17)22-18(24)14-10-9-13(27-4)11-15(14)28-5/h9-11H,7-8H2,1-6H3,(H,22,24). The number of amides is 2. The summed E-state index contributed by atoms with van der Waals surface area (Å²) in [5.74, 6) is -0.450. The molecule has 30 heavy (non-hydrogen) atoms. The van der Waals surface area contributed by atoms with E-state index in [2.05, 4.69) is 5.32 Å². The van der Waals surface area contributed by atoms with Gasteiger partial charge in [0.05, 0.1) is 37.3 Å². The van der Waals surface area contributed by atoms with E-state index < -0.39 is 11.9 Å². The molecule has 0 spiro atoms. The molecule has 2 rings (SSSR count). The smallest absolute Gasteiger partial charge is 0.341 e. The fourth-order valence-corrected chi connectivity index (χ4v) is 4.12. The number of benzene rings is 1. The first kappa shape index (κ1) is 23.2. The normalized spacial score (nSPS) is 10.3. The van der Waals surface area contributed by atoms with Gasteiger partial charge in [0.25, 0.3) is 11.8 Å². The third-order valence-corrected chi connectivity index (χ3v) is 5.86. The summed E-state index contributed by atoms with van der Waals surface area (Å²) in [6, 6.07) is 4.78. The number of methoxy groups -OCH3 is 3. The van der Waals surface area contributed by atoms with Crippen LogP contribution in [0.15, 0.2) is 18.2 Å². The minimum Gasteiger partial charge on any atom is -0.497 e. The fourth-order valence-electron chi connectivity index (χ4n) is 2.96. The highest BCUT2D eigenvalue weighted by Gasteiger charge is 2.28. The first-order valence-electron chi connectivity index (χ1n) is 9.37. The van der Waals surface area contributed by atoms with Crippen LogP contribution in [-0.4, -0.2) is 57.1 Å². The quantitative estimate of drug-likeness (QED) is 0.638. The summed E-state index contributed by atoms with van der Waals surface area (Å²) in [5.41, 5.74) is 0.899. The molecular formula is C21H26N2O6S. The molecule has 1 N–H and O–H groups in total. The molecule has 8 nitrogen and oxygen atoms in total. The Balaban J connectivity index is 2.48. The Morgan fingerprint density at radius 3 is 2.27 bits per heavy atom. The Morgan fingerprint density at radius 2 is 1.73 bits per heavy atom. The second-order valence-corrected chi connectivity index (χ2v) is 7.27. The van der Waals surface area contributed by atoms with Gasteiger partial charge < -0.3 is 24.4 Å². The van der Waals surface area contributed by atoms with Crippen LogP contribution in [0.5, 0.6) is 11.5 Å². The van der Waals surface area contributed by atoms with Crippen molar-refractivity contribution >= 4 is 34.1 Å². The predicted molar refractivity (Wildman–Crippen MR) is 115 cm³/mol. The number of rotatable bonds is 8. The van der Waals surface area contributed by atoms with Gasteiger partial charge in [-0.05, 0) is 38.5 Å². The van der Waals surface area contributed by atoms with Gasteiger partial charge in [0.2, 0.25) is 0 Å². The lowest BCUT2D eigenvalue weighted by Crippen LogP contribution is -2.30. The Kier molecular flexibility index (Phi) is 7.82. The highest BCUT2D eigenvalue weighted by molar-refractivity contribution is 7.18. The maximum absolute atomic E-state index is 12.9. The number of anilines is 1. The van der Waals surface area contributed by atoms with Crippen LogP contribution in [0.1, 0.15) is 49.8 Å². The lowest BCUT2D eigenvalue weighted by molar-refractivity contribution is 0.0601. The van der Waals surface area contributed by atoms with E-state index >= 15 is 0 Å². The van der Waals surface area contributed by atoms with Crippen LogP contribution in [0.2, 0.25) is 0 Å². The van der Waals surface area contributed by atoms with Crippen molar-refractivity contribution < 1.29 is 28.6 Å². The number of nitrogens with zero attached hydrogens (tertiary/aromatic N) is 1. The number of hydrogen-bond donors (Lipinski definition) is 1. The molecule has 2 aromatic rings. The minimum atomic E-state index is -0.626. The lowest BCUT2D eigenvalue weighted by Gasteiger charge is -2.17. The molecule has 9 heteroatoms. The van der Waals surface area contributed by atoms with Gasteiger partial charge in [-0.1, -0.05) is 0 Å². The van der Waals surface area contributed by atoms with Gasteiger partial charge in [0.15, 0.2) is 0 Å². The number of carbonyl (C=O) groups excluding carboxylic acids is 3. The molecule has 1 heterocycles. The summed E-state index contributed by atoms with van der Waals surface area (Å²) in [6.07, 6.45) is 0. The first-order valence-corrected chi connectivity index (χ1v) is 10.2. The number of ether oxygens (including phenoxy) is 3. The second kappa shape index (κ2) is 10.1. The van der Waals surface area contributed by atoms with Gasteiger partial charge >= 0.3 is 5.97 Å². The van der Waals surface area contributed by atoms with Crippen molar-refractivity contribution in [1.29, 1.82) is 0 Å². The number of esters is 1. The van der Waals surface area contributed by atoms with Gasteiger partial charge in [-0.25, -0.2) is 4.79 Å². The highest BCUT2D eigenvalue weighted by atomic mass is 32.1. The monoisotopic (exact) mass is 434 g/mol. The van der Waals surface area contributed by atoms with Crippen molar-refractivity contribution in [3.05, 3.63) is 39.8 Å². The van der Waals surface area contributed by atoms with E-state index in [9.17, 15) is 14.4 Å². The van der Waals surface area contributed by atoms with E-state index in [4.69, 9.17) is 14.2 Å². The summed E-state index contributed by atoms with van der Waals surface area (Å²) in [4.78, 5) is 40.2. The number of nitrogens with one attached hydrogen (secondary N) is 1. The Bertz CT molecular complexity index is 949. The molecule has 162 valence electrons. The van der Waals surface area contributed by atoms with Crippen LogP contribution in [-0.2, 0) is 4.74 Å². The van der Waals surface area contributed by atoms with E-state index in [0.29, 0.717) is 35.0 Å². The fraction of sp³-hybridized carbons (Fsp3) is 0.381. The number of thiophene rings is 1. The summed E-state index contributed by atoms with van der Waals surface area (Å²) in [6.45, 7) is 6.49. The molecule has 0 atom stereocenters. The van der Waals surface area contributed by atoms with Gasteiger partial charge in [0.1, 0.15) is 16.5 Å². The molecule has 0 aliphatic heterocycles. The van der Waals surface area contributed by atoms with Crippen molar-refractivity contribution in [3.8, 4) is 11.5 Å². The van der Waals surface area contributed by atoms with Gasteiger partial charge in [-0.3, -0.25) is 9.59 Å². The van der Waals surface area contributed by atoms with Gasteiger partial charge in [0, 0.05) is 19.2 Å². The molecule has 0 unspecified atom stereocenters. The predicted octanol–water partition coefficient (Wildman–Crippen LogP) is 3.59. The maximum atomic E-state index is 12.9. The second-order valence-electron chi connectivity index (χ2n) is 6.25. The van der Waals surface area contributed by atoms with Crippen molar-refractivity contribution in [2.75, 3.05) is 39.7 Å². The molecule has 0 saturated carbocycles. The Labute approximate surface area is 179 Å². The average Bonchev–Trinajstić information content (AvgIpc) is 3.08. The van der Waals surface area contributed by atoms with Crippen LogP contribution < -0.4 is 14.8 Å². The van der Waals surface area contributed by atoms with E-state index in [1.807, 2.05) is 13.8 Å². The molecule has 0 saturated heterocycles. The molecule has 1 aromatic heterocycles. The molecule has 2 amide bonds. The molecule has 0 aliphatic rings. The van der Waals surface area contributed by atoms with E-state index in [1.165, 1.54) is 21.3 Å². The molecule has 0 bridgehead atoms. The van der Waals surface area contributed by atoms with Crippen molar-refractivity contribution in [2.45, 2.75) is 20.8 Å². The third-order valence-electron chi connectivity index (χ3n) is 4.66. The SMILES string of the molecule is CCN(CC)C(=O)c1sc(NC(=O)c2ccc(OC)cc2OC)c(C(=O)OC)c1C. The van der Waals surface area contributed by atoms with Crippen LogP contribution >= 0.6 is 11.3 Å². The third kappa shape index (κ3) is 4.56. The van der Waals surface area contributed by atoms with E-state index in [-0.39, 0.29) is 22.0 Å². The number of carbonyl (C=O) groups is 3. The van der Waals surface area contributed by atoms with E-state index in [0.717, 1.165) is 11.3 Å². The highest BCUT2D eigenvalue weighted by Crippen LogP contribution is 2.35. The van der Waals surface area contributed by atoms with Crippen LogP contribution in [0.3, 0.4) is 0 Å². The largest absolute Gasteiger partial charge is 0.497 e. The Hall–Kier alpha value is -3.07. The number of hydrogen-bond acceptors (Lipinski definition) is 7.